The van der Waals surface area contributed by atoms with E-state index < -0.39 is 0 Å². The van der Waals surface area contributed by atoms with Gasteiger partial charge in [0.05, 0.1) is 12.8 Å². The average molecular weight is 344 g/mol. The lowest BCUT2D eigenvalue weighted by Gasteiger charge is -2.05. The molecule has 0 spiro atoms. The summed E-state index contributed by atoms with van der Waals surface area (Å²) in [4.78, 5) is 12.3. The molecule has 1 N–H and O–H groups in total. The van der Waals surface area contributed by atoms with Crippen LogP contribution < -0.4 is 5.32 Å². The number of hydrogen-bond acceptors (Lipinski definition) is 4. The van der Waals surface area contributed by atoms with Gasteiger partial charge in [-0.2, -0.15) is 0 Å². The molecule has 1 amide bonds. The van der Waals surface area contributed by atoms with E-state index in [9.17, 15) is 4.79 Å². The zero-order valence-electron chi connectivity index (χ0n) is 13.9. The van der Waals surface area contributed by atoms with Crippen LogP contribution in [-0.4, -0.2) is 11.1 Å². The topological polar surface area (TPSA) is 68.3 Å². The number of nitrogens with one attached hydrogen (secondary N) is 1. The zero-order chi connectivity index (χ0) is 17.8. The maximum absolute atomic E-state index is 12.3. The Morgan fingerprint density at radius 1 is 0.885 bits per heavy atom. The predicted octanol–water partition coefficient (Wildman–Crippen LogP) is 4.53. The molecule has 0 aliphatic rings. The van der Waals surface area contributed by atoms with Crippen molar-refractivity contribution < 1.29 is 13.7 Å². The second kappa shape index (κ2) is 7.11. The number of carbonyl (C=O) groups excluding carboxylic acids is 1. The van der Waals surface area contributed by atoms with Gasteiger partial charge in [0.2, 0.25) is 5.76 Å². The van der Waals surface area contributed by atoms with Crippen LogP contribution in [0.1, 0.15) is 16.1 Å². The van der Waals surface area contributed by atoms with Crippen LogP contribution in [0.2, 0.25) is 0 Å². The largest absolute Gasteiger partial charge is 0.461 e. The monoisotopic (exact) mass is 344 g/mol. The lowest BCUT2D eigenvalue weighted by Crippen LogP contribution is -2.22. The molecular weight excluding hydrogens is 328 g/mol. The van der Waals surface area contributed by atoms with Crippen molar-refractivity contribution in [3.8, 4) is 22.6 Å². The molecular formula is C21H16N2O3. The Morgan fingerprint density at radius 2 is 1.65 bits per heavy atom. The molecule has 0 radical (unpaired) electrons. The van der Waals surface area contributed by atoms with Crippen molar-refractivity contribution in [2.75, 3.05) is 0 Å². The van der Waals surface area contributed by atoms with E-state index in [-0.39, 0.29) is 12.5 Å². The number of nitrogens with zero attached hydrogens (tertiary/aromatic N) is 1. The van der Waals surface area contributed by atoms with Gasteiger partial charge in [-0.3, -0.25) is 4.79 Å². The lowest BCUT2D eigenvalue weighted by atomic mass is 10.0. The molecule has 0 aliphatic heterocycles. The van der Waals surface area contributed by atoms with Crippen LogP contribution in [0.25, 0.3) is 22.6 Å². The van der Waals surface area contributed by atoms with Gasteiger partial charge in [-0.15, -0.1) is 0 Å². The summed E-state index contributed by atoms with van der Waals surface area (Å²) in [5.74, 6) is 0.977. The molecule has 2 heterocycles. The van der Waals surface area contributed by atoms with Crippen molar-refractivity contribution in [3.63, 3.8) is 0 Å². The van der Waals surface area contributed by atoms with Gasteiger partial charge < -0.3 is 14.3 Å². The average Bonchev–Trinajstić information content (AvgIpc) is 3.38. The Bertz CT molecular complexity index is 987. The van der Waals surface area contributed by atoms with Gasteiger partial charge in [-0.1, -0.05) is 47.6 Å². The first-order valence-corrected chi connectivity index (χ1v) is 8.23. The first kappa shape index (κ1) is 15.9. The summed E-state index contributed by atoms with van der Waals surface area (Å²) in [6.45, 7) is 0.281. The van der Waals surface area contributed by atoms with Gasteiger partial charge in [0, 0.05) is 11.6 Å². The van der Waals surface area contributed by atoms with Crippen LogP contribution in [0.4, 0.5) is 0 Å². The molecule has 2 aromatic heterocycles. The first-order chi connectivity index (χ1) is 12.8. The maximum Gasteiger partial charge on any atom is 0.251 e. The molecule has 0 saturated heterocycles. The smallest absolute Gasteiger partial charge is 0.251 e. The Kier molecular flexibility index (Phi) is 4.35. The van der Waals surface area contributed by atoms with Gasteiger partial charge in [0.15, 0.2) is 5.76 Å². The molecule has 0 saturated carbocycles. The van der Waals surface area contributed by atoms with E-state index in [2.05, 4.69) is 10.5 Å². The van der Waals surface area contributed by atoms with Crippen molar-refractivity contribution in [1.29, 1.82) is 0 Å². The van der Waals surface area contributed by atoms with Gasteiger partial charge in [-0.05, 0) is 35.4 Å². The minimum absolute atomic E-state index is 0.160. The van der Waals surface area contributed by atoms with Crippen LogP contribution in [0, 0.1) is 0 Å². The van der Waals surface area contributed by atoms with E-state index in [0.717, 1.165) is 11.1 Å². The summed E-state index contributed by atoms with van der Waals surface area (Å²) in [6.07, 6.45) is 1.57. The number of furan rings is 1. The number of benzene rings is 2. The highest BCUT2D eigenvalue weighted by atomic mass is 16.5. The Balaban J connectivity index is 1.39. The van der Waals surface area contributed by atoms with Crippen molar-refractivity contribution in [1.82, 2.24) is 10.5 Å². The minimum atomic E-state index is -0.160. The van der Waals surface area contributed by atoms with E-state index in [1.165, 1.54) is 0 Å². The molecule has 0 unspecified atom stereocenters. The summed E-state index contributed by atoms with van der Waals surface area (Å²) in [5, 5.41) is 6.78. The summed E-state index contributed by atoms with van der Waals surface area (Å²) in [7, 11) is 0. The molecule has 0 fully saturated rings. The number of hydrogen-bond donors (Lipinski definition) is 1. The Labute approximate surface area is 150 Å². The standard InChI is InChI=1S/C21H16N2O3/c24-21(17-10-8-16(9-11-17)15-5-2-1-3-6-15)22-14-18-13-20(26-23-18)19-7-4-12-25-19/h1-13H,14H2,(H,22,24). The summed E-state index contributed by atoms with van der Waals surface area (Å²) >= 11 is 0. The normalized spacial score (nSPS) is 10.6. The van der Waals surface area contributed by atoms with Crippen LogP contribution >= 0.6 is 0 Å². The lowest BCUT2D eigenvalue weighted by molar-refractivity contribution is 0.0950. The van der Waals surface area contributed by atoms with Gasteiger partial charge in [-0.25, -0.2) is 0 Å². The molecule has 0 atom stereocenters. The molecule has 5 nitrogen and oxygen atoms in total. The number of amides is 1. The molecule has 4 rings (SSSR count). The van der Waals surface area contributed by atoms with E-state index in [4.69, 9.17) is 8.94 Å². The molecule has 128 valence electrons. The second-order valence-corrected chi connectivity index (χ2v) is 5.79. The third-order valence-corrected chi connectivity index (χ3v) is 4.01. The van der Waals surface area contributed by atoms with Gasteiger partial charge in [0.1, 0.15) is 5.69 Å². The van der Waals surface area contributed by atoms with E-state index in [1.54, 1.807) is 24.5 Å². The molecule has 0 bridgehead atoms. The summed E-state index contributed by atoms with van der Waals surface area (Å²) in [6, 6.07) is 22.9. The zero-order valence-corrected chi connectivity index (χ0v) is 13.9. The molecule has 0 aliphatic carbocycles. The highest BCUT2D eigenvalue weighted by Crippen LogP contribution is 2.21. The molecule has 5 heteroatoms. The second-order valence-electron chi connectivity index (χ2n) is 5.79. The van der Waals surface area contributed by atoms with E-state index in [0.29, 0.717) is 22.8 Å². The molecule has 4 aromatic rings. The number of carbonyl (C=O) groups is 1. The SMILES string of the molecule is O=C(NCc1cc(-c2ccco2)on1)c1ccc(-c2ccccc2)cc1. The van der Waals surface area contributed by atoms with Crippen LogP contribution in [0.15, 0.2) is 88.0 Å². The molecule has 26 heavy (non-hydrogen) atoms. The van der Waals surface area contributed by atoms with Crippen LogP contribution in [-0.2, 0) is 6.54 Å². The fourth-order valence-electron chi connectivity index (χ4n) is 2.65. The molecule has 2 aromatic carbocycles. The van der Waals surface area contributed by atoms with Crippen molar-refractivity contribution in [2.24, 2.45) is 0 Å². The Morgan fingerprint density at radius 3 is 2.38 bits per heavy atom. The van der Waals surface area contributed by atoms with Gasteiger partial charge >= 0.3 is 0 Å². The van der Waals surface area contributed by atoms with E-state index >= 15 is 0 Å². The van der Waals surface area contributed by atoms with Crippen molar-refractivity contribution in [3.05, 3.63) is 90.3 Å². The summed E-state index contributed by atoms with van der Waals surface area (Å²) in [5.41, 5.74) is 3.42. The summed E-state index contributed by atoms with van der Waals surface area (Å²) < 4.78 is 10.5. The quantitative estimate of drug-likeness (QED) is 0.577. The predicted molar refractivity (Wildman–Crippen MR) is 97.3 cm³/mol. The fourth-order valence-corrected chi connectivity index (χ4v) is 2.65. The van der Waals surface area contributed by atoms with Crippen molar-refractivity contribution >= 4 is 5.91 Å². The number of aromatic nitrogens is 1. The van der Waals surface area contributed by atoms with Gasteiger partial charge in [0.25, 0.3) is 5.91 Å². The highest BCUT2D eigenvalue weighted by molar-refractivity contribution is 5.94. The fraction of sp³-hybridized carbons (Fsp3) is 0.0476. The number of rotatable bonds is 5. The van der Waals surface area contributed by atoms with Crippen LogP contribution in [0.3, 0.4) is 0 Å². The Hall–Kier alpha value is -3.60. The third kappa shape index (κ3) is 3.42. The van der Waals surface area contributed by atoms with Crippen molar-refractivity contribution in [2.45, 2.75) is 6.54 Å². The minimum Gasteiger partial charge on any atom is -0.461 e. The maximum atomic E-state index is 12.3. The first-order valence-electron chi connectivity index (χ1n) is 8.23. The van der Waals surface area contributed by atoms with E-state index in [1.807, 2.05) is 54.6 Å². The third-order valence-electron chi connectivity index (χ3n) is 4.01. The van der Waals surface area contributed by atoms with Crippen LogP contribution in [0.5, 0.6) is 0 Å². The highest BCUT2D eigenvalue weighted by Gasteiger charge is 2.11.